The number of thiazole rings is 1. The molecule has 1 fully saturated rings. The van der Waals surface area contributed by atoms with Crippen molar-refractivity contribution in [3.8, 4) is 17.0 Å². The molecule has 7 nitrogen and oxygen atoms in total. The van der Waals surface area contributed by atoms with Gasteiger partial charge >= 0.3 is 5.97 Å². The minimum atomic E-state index is -0.525. The first kappa shape index (κ1) is 29.8. The van der Waals surface area contributed by atoms with Crippen LogP contribution < -0.4 is 15.0 Å². The highest BCUT2D eigenvalue weighted by atomic mass is 35.5. The lowest BCUT2D eigenvalue weighted by molar-refractivity contribution is -0.165. The summed E-state index contributed by atoms with van der Waals surface area (Å²) in [7, 11) is 1.65. The molecule has 0 radical (unpaired) electrons. The maximum absolute atomic E-state index is 12.8. The largest absolute Gasteiger partial charge is 0.487 e. The predicted molar refractivity (Wildman–Crippen MR) is 165 cm³/mol. The van der Waals surface area contributed by atoms with Gasteiger partial charge in [-0.05, 0) is 74.9 Å². The van der Waals surface area contributed by atoms with Crippen molar-refractivity contribution in [3.63, 3.8) is 0 Å². The number of hydrogen-bond acceptors (Lipinski definition) is 8. The fraction of sp³-hybridized carbons (Fsp3) is 0.500. The molecule has 2 aliphatic heterocycles. The SMILES string of the molecule is CO[C@H]1CN(c2nc(-c3cccc(Cl)c3OCc3ccc4c(c3)[C@@H](C)CNCC4)cs2)CC[C@H]1C(=O)OC(C)(C)C. The fourth-order valence-electron chi connectivity index (χ4n) is 5.59. The molecule has 0 saturated carbocycles. The average Bonchev–Trinajstić information content (AvgIpc) is 3.36. The van der Waals surface area contributed by atoms with E-state index in [1.54, 1.807) is 18.4 Å². The van der Waals surface area contributed by atoms with Gasteiger partial charge in [-0.2, -0.15) is 0 Å². The molecule has 41 heavy (non-hydrogen) atoms. The van der Waals surface area contributed by atoms with Crippen molar-refractivity contribution in [2.75, 3.05) is 38.2 Å². The van der Waals surface area contributed by atoms with Crippen LogP contribution in [0.5, 0.6) is 5.75 Å². The molecule has 0 aliphatic carbocycles. The van der Waals surface area contributed by atoms with E-state index in [-0.39, 0.29) is 18.0 Å². The molecule has 1 N–H and O–H groups in total. The summed E-state index contributed by atoms with van der Waals surface area (Å²) in [5.74, 6) is 0.595. The highest BCUT2D eigenvalue weighted by Gasteiger charge is 2.38. The fourth-order valence-corrected chi connectivity index (χ4v) is 6.69. The molecule has 1 saturated heterocycles. The number of esters is 1. The molecule has 220 valence electrons. The number of ether oxygens (including phenoxy) is 3. The number of carbonyl (C=O) groups is 1. The first-order chi connectivity index (χ1) is 19.6. The minimum absolute atomic E-state index is 0.204. The van der Waals surface area contributed by atoms with Gasteiger partial charge in [0.25, 0.3) is 0 Å². The van der Waals surface area contributed by atoms with Crippen LogP contribution in [0, 0.1) is 5.92 Å². The normalized spacial score (nSPS) is 21.2. The first-order valence-corrected chi connectivity index (χ1v) is 15.6. The van der Waals surface area contributed by atoms with E-state index in [9.17, 15) is 4.79 Å². The van der Waals surface area contributed by atoms with Crippen LogP contribution in [-0.2, 0) is 27.3 Å². The number of rotatable bonds is 7. The van der Waals surface area contributed by atoms with Crippen molar-refractivity contribution in [1.29, 1.82) is 0 Å². The third-order valence-electron chi connectivity index (χ3n) is 7.72. The third-order valence-corrected chi connectivity index (χ3v) is 8.92. The van der Waals surface area contributed by atoms with Crippen molar-refractivity contribution in [1.82, 2.24) is 10.3 Å². The van der Waals surface area contributed by atoms with Crippen molar-refractivity contribution >= 4 is 34.0 Å². The summed E-state index contributed by atoms with van der Waals surface area (Å²) in [6, 6.07) is 12.4. The molecule has 2 aliphatic rings. The van der Waals surface area contributed by atoms with E-state index >= 15 is 0 Å². The molecular formula is C32H40ClN3O4S. The van der Waals surface area contributed by atoms with Gasteiger partial charge in [-0.1, -0.05) is 42.8 Å². The number of halogens is 1. The molecular weight excluding hydrogens is 558 g/mol. The summed E-state index contributed by atoms with van der Waals surface area (Å²) in [5, 5.41) is 6.99. The lowest BCUT2D eigenvalue weighted by Gasteiger charge is -2.37. The Morgan fingerprint density at radius 2 is 2.07 bits per heavy atom. The molecule has 0 unspecified atom stereocenters. The van der Waals surface area contributed by atoms with Crippen LogP contribution in [0.2, 0.25) is 5.02 Å². The van der Waals surface area contributed by atoms with E-state index in [0.717, 1.165) is 41.5 Å². The van der Waals surface area contributed by atoms with Gasteiger partial charge in [0.1, 0.15) is 18.0 Å². The second-order valence-electron chi connectivity index (χ2n) is 12.0. The highest BCUT2D eigenvalue weighted by Crippen LogP contribution is 2.39. The van der Waals surface area contributed by atoms with Crippen LogP contribution in [0.15, 0.2) is 41.8 Å². The Labute approximate surface area is 252 Å². The number of benzene rings is 2. The Hall–Kier alpha value is -2.65. The number of nitrogens with one attached hydrogen (secondary N) is 1. The minimum Gasteiger partial charge on any atom is -0.487 e. The zero-order chi connectivity index (χ0) is 29.1. The number of para-hydroxylation sites is 1. The number of carbonyl (C=O) groups excluding carboxylic acids is 1. The summed E-state index contributed by atoms with van der Waals surface area (Å²) < 4.78 is 17.8. The third kappa shape index (κ3) is 7.05. The van der Waals surface area contributed by atoms with Crippen molar-refractivity contribution in [2.24, 2.45) is 5.92 Å². The highest BCUT2D eigenvalue weighted by molar-refractivity contribution is 7.14. The molecule has 5 rings (SSSR count). The lowest BCUT2D eigenvalue weighted by atomic mass is 9.93. The van der Waals surface area contributed by atoms with E-state index in [1.807, 2.05) is 44.4 Å². The summed E-state index contributed by atoms with van der Waals surface area (Å²) in [6.45, 7) is 11.6. The Bertz CT molecular complexity index is 1370. The van der Waals surface area contributed by atoms with Crippen molar-refractivity contribution in [3.05, 3.63) is 63.5 Å². The van der Waals surface area contributed by atoms with Crippen molar-refractivity contribution < 1.29 is 19.0 Å². The summed E-state index contributed by atoms with van der Waals surface area (Å²) in [5.41, 5.74) is 5.07. The monoisotopic (exact) mass is 597 g/mol. The van der Waals surface area contributed by atoms with Gasteiger partial charge in [0.05, 0.1) is 22.7 Å². The first-order valence-electron chi connectivity index (χ1n) is 14.3. The number of piperidine rings is 1. The van der Waals surface area contributed by atoms with Gasteiger partial charge in [0, 0.05) is 37.7 Å². The molecule has 0 bridgehead atoms. The zero-order valence-corrected chi connectivity index (χ0v) is 26.1. The van der Waals surface area contributed by atoms with Crippen LogP contribution in [0.25, 0.3) is 11.3 Å². The Morgan fingerprint density at radius 3 is 2.85 bits per heavy atom. The molecule has 2 aromatic carbocycles. The number of aromatic nitrogens is 1. The van der Waals surface area contributed by atoms with Crippen LogP contribution in [-0.4, -0.2) is 55.9 Å². The van der Waals surface area contributed by atoms with Gasteiger partial charge in [0.15, 0.2) is 5.13 Å². The maximum Gasteiger partial charge on any atom is 0.312 e. The Kier molecular flexibility index (Phi) is 9.24. The summed E-state index contributed by atoms with van der Waals surface area (Å²) in [4.78, 5) is 19.9. The number of hydrogen-bond donors (Lipinski definition) is 1. The van der Waals surface area contributed by atoms with Gasteiger partial charge in [-0.15, -0.1) is 11.3 Å². The second kappa shape index (κ2) is 12.7. The Balaban J connectivity index is 1.30. The number of nitrogens with zero attached hydrogens (tertiary/aromatic N) is 2. The van der Waals surface area contributed by atoms with Crippen LogP contribution >= 0.6 is 22.9 Å². The Morgan fingerprint density at radius 1 is 1.24 bits per heavy atom. The molecule has 3 atom stereocenters. The molecule has 0 spiro atoms. The molecule has 3 heterocycles. The maximum atomic E-state index is 12.8. The molecule has 9 heteroatoms. The summed E-state index contributed by atoms with van der Waals surface area (Å²) in [6.07, 6.45) is 1.42. The standard InChI is InChI=1S/C32H40ClN3O4S/c1-20-16-34-13-11-22-10-9-21(15-25(20)22)18-39-29-23(7-6-8-26(29)33)27-19-41-31(35-27)36-14-12-24(28(17-36)38-5)30(37)40-32(2,3)4/h6-10,15,19-20,24,28,34H,11-14,16-18H2,1-5H3/t20-,24+,28-/m0/s1. The van der Waals surface area contributed by atoms with E-state index in [0.29, 0.717) is 42.8 Å². The predicted octanol–water partition coefficient (Wildman–Crippen LogP) is 6.47. The number of methoxy groups -OCH3 is 1. The van der Waals surface area contributed by atoms with Crippen molar-refractivity contribution in [2.45, 2.75) is 64.8 Å². The number of fused-ring (bicyclic) bond motifs is 1. The van der Waals surface area contributed by atoms with Gasteiger partial charge in [-0.25, -0.2) is 4.98 Å². The van der Waals surface area contributed by atoms with E-state index in [2.05, 4.69) is 35.3 Å². The molecule has 0 amide bonds. The van der Waals surface area contributed by atoms with Crippen LogP contribution in [0.1, 0.15) is 56.7 Å². The van der Waals surface area contributed by atoms with Crippen LogP contribution in [0.4, 0.5) is 5.13 Å². The topological polar surface area (TPSA) is 72.9 Å². The molecule has 1 aromatic heterocycles. The van der Waals surface area contributed by atoms with E-state index in [1.165, 1.54) is 11.1 Å². The summed E-state index contributed by atoms with van der Waals surface area (Å²) >= 11 is 8.23. The second-order valence-corrected chi connectivity index (χ2v) is 13.2. The van der Waals surface area contributed by atoms with Gasteiger partial charge in [0.2, 0.25) is 0 Å². The van der Waals surface area contributed by atoms with Gasteiger partial charge < -0.3 is 24.4 Å². The van der Waals surface area contributed by atoms with Crippen LogP contribution in [0.3, 0.4) is 0 Å². The van der Waals surface area contributed by atoms with E-state index in [4.69, 9.17) is 30.8 Å². The lowest BCUT2D eigenvalue weighted by Crippen LogP contribution is -2.49. The smallest absolute Gasteiger partial charge is 0.312 e. The number of anilines is 1. The quantitative estimate of drug-likeness (QED) is 0.313. The molecule has 3 aromatic rings. The van der Waals surface area contributed by atoms with E-state index < -0.39 is 5.60 Å². The van der Waals surface area contributed by atoms with Gasteiger partial charge in [-0.3, -0.25) is 4.79 Å². The average molecular weight is 598 g/mol. The zero-order valence-electron chi connectivity index (χ0n) is 24.5.